The van der Waals surface area contributed by atoms with Gasteiger partial charge in [0.1, 0.15) is 12.2 Å². The molecule has 6 atom stereocenters. The van der Waals surface area contributed by atoms with Gasteiger partial charge in [-0.15, -0.1) is 0 Å². The Kier molecular flexibility index (Phi) is 8.67. The van der Waals surface area contributed by atoms with Crippen LogP contribution in [0.5, 0.6) is 0 Å². The number of esters is 2. The van der Waals surface area contributed by atoms with Crippen molar-refractivity contribution in [2.24, 2.45) is 0 Å². The molecule has 2 saturated heterocycles. The minimum Gasteiger partial charge on any atom is -0.453 e. The molecule has 2 aliphatic rings. The molecule has 8 nitrogen and oxygen atoms in total. The third kappa shape index (κ3) is 6.42. The van der Waals surface area contributed by atoms with Crippen LogP contribution in [0, 0.1) is 0 Å². The van der Waals surface area contributed by atoms with Gasteiger partial charge < -0.3 is 28.4 Å². The van der Waals surface area contributed by atoms with Gasteiger partial charge in [0.2, 0.25) is 0 Å². The molecule has 0 unspecified atom stereocenters. The molecular weight excluding hydrogens is 536 g/mol. The summed E-state index contributed by atoms with van der Waals surface area (Å²) in [5.41, 5.74) is 2.37. The summed E-state index contributed by atoms with van der Waals surface area (Å²) in [6.07, 6.45) is -4.96. The van der Waals surface area contributed by atoms with Crippen LogP contribution in [0.4, 0.5) is 0 Å². The van der Waals surface area contributed by atoms with Crippen LogP contribution in [-0.2, 0) is 28.4 Å². The third-order valence-electron chi connectivity index (χ3n) is 7.12. The minimum atomic E-state index is -0.866. The molecule has 42 heavy (non-hydrogen) atoms. The summed E-state index contributed by atoms with van der Waals surface area (Å²) in [6, 6.07) is 36.3. The van der Waals surface area contributed by atoms with Crippen LogP contribution in [0.25, 0.3) is 0 Å². The number of carbonyl (C=O) groups is 2. The Morgan fingerprint density at radius 1 is 0.500 bits per heavy atom. The van der Waals surface area contributed by atoms with Crippen molar-refractivity contribution in [1.82, 2.24) is 0 Å². The zero-order valence-corrected chi connectivity index (χ0v) is 22.7. The fraction of sp³-hybridized carbons (Fsp3) is 0.235. The molecule has 2 aliphatic heterocycles. The van der Waals surface area contributed by atoms with E-state index in [4.69, 9.17) is 28.4 Å². The van der Waals surface area contributed by atoms with Gasteiger partial charge in [-0.1, -0.05) is 97.1 Å². The first-order valence-corrected chi connectivity index (χ1v) is 13.8. The number of rotatable bonds is 7. The second-order valence-electron chi connectivity index (χ2n) is 9.97. The summed E-state index contributed by atoms with van der Waals surface area (Å²) in [7, 11) is 0. The second-order valence-corrected chi connectivity index (χ2v) is 9.97. The fourth-order valence-corrected chi connectivity index (χ4v) is 5.00. The molecule has 0 amide bonds. The predicted octanol–water partition coefficient (Wildman–Crippen LogP) is 5.67. The summed E-state index contributed by atoms with van der Waals surface area (Å²) in [5, 5.41) is 0. The highest BCUT2D eigenvalue weighted by Crippen LogP contribution is 2.37. The second kappa shape index (κ2) is 13.1. The molecule has 0 spiro atoms. The average Bonchev–Trinajstić information content (AvgIpc) is 3.07. The van der Waals surface area contributed by atoms with E-state index in [-0.39, 0.29) is 13.2 Å². The smallest absolute Gasteiger partial charge is 0.338 e. The number of carbonyl (C=O) groups excluding carboxylic acids is 2. The Morgan fingerprint density at radius 2 is 0.833 bits per heavy atom. The lowest BCUT2D eigenvalue weighted by atomic mass is 9.99. The zero-order chi connectivity index (χ0) is 28.7. The molecular formula is C34H30O8. The van der Waals surface area contributed by atoms with Gasteiger partial charge in [0.15, 0.2) is 24.8 Å². The average molecular weight is 567 g/mol. The molecule has 0 N–H and O–H groups in total. The third-order valence-corrected chi connectivity index (χ3v) is 7.12. The van der Waals surface area contributed by atoms with Gasteiger partial charge >= 0.3 is 11.9 Å². The highest BCUT2D eigenvalue weighted by atomic mass is 16.7. The normalized spacial score (nSPS) is 25.7. The minimum absolute atomic E-state index is 0.0405. The monoisotopic (exact) mass is 566 g/mol. The molecule has 6 rings (SSSR count). The van der Waals surface area contributed by atoms with Gasteiger partial charge in [-0.05, 0) is 24.3 Å². The Hall–Kier alpha value is -4.34. The molecule has 214 valence electrons. The molecule has 2 heterocycles. The SMILES string of the molecule is O=C(O[C@@H]1CO[C@H](c2ccccc2)O[C@@H]1[C@@H]1O[C@@H](c2ccccc2)OC[C@H]1OC(=O)c1ccccc1)c1ccccc1. The van der Waals surface area contributed by atoms with Crippen LogP contribution in [0.3, 0.4) is 0 Å². The number of hydrogen-bond donors (Lipinski definition) is 0. The van der Waals surface area contributed by atoms with E-state index in [1.54, 1.807) is 48.5 Å². The van der Waals surface area contributed by atoms with E-state index in [0.29, 0.717) is 11.1 Å². The molecule has 0 bridgehead atoms. The van der Waals surface area contributed by atoms with Crippen LogP contribution in [0.2, 0.25) is 0 Å². The number of benzene rings is 4. The summed E-state index contributed by atoms with van der Waals surface area (Å²) in [6.45, 7) is 0.0811. The molecule has 4 aromatic carbocycles. The van der Waals surface area contributed by atoms with Crippen molar-refractivity contribution in [3.63, 3.8) is 0 Å². The maximum atomic E-state index is 13.1. The molecule has 0 aromatic heterocycles. The largest absolute Gasteiger partial charge is 0.453 e. The molecule has 4 aromatic rings. The van der Waals surface area contributed by atoms with Crippen molar-refractivity contribution in [3.05, 3.63) is 144 Å². The van der Waals surface area contributed by atoms with Gasteiger partial charge in [-0.25, -0.2) is 9.59 Å². The maximum absolute atomic E-state index is 13.1. The molecule has 0 radical (unpaired) electrons. The van der Waals surface area contributed by atoms with Crippen molar-refractivity contribution in [2.75, 3.05) is 13.2 Å². The van der Waals surface area contributed by atoms with Gasteiger partial charge in [0.05, 0.1) is 24.3 Å². The van der Waals surface area contributed by atoms with E-state index >= 15 is 0 Å². The Bertz CT molecular complexity index is 1340. The first-order chi connectivity index (χ1) is 20.7. The van der Waals surface area contributed by atoms with E-state index in [9.17, 15) is 9.59 Å². The lowest BCUT2D eigenvalue weighted by Gasteiger charge is -2.44. The van der Waals surface area contributed by atoms with E-state index < -0.39 is 48.9 Å². The highest BCUT2D eigenvalue weighted by molar-refractivity contribution is 5.90. The van der Waals surface area contributed by atoms with Crippen LogP contribution >= 0.6 is 0 Å². The van der Waals surface area contributed by atoms with E-state index in [2.05, 4.69) is 0 Å². The standard InChI is InChI=1S/C34H30O8/c35-31(23-13-5-1-6-14-23)39-27-21-37-33(25-17-9-3-10-18-25)41-29(27)30-28(40-32(36)24-15-7-2-8-16-24)22-38-34(42-30)26-19-11-4-12-20-26/h1-20,27-30,33-34H,21-22H2/t27-,28-,29-,30+,33+,34+/m1/s1. The number of ether oxygens (including phenoxy) is 6. The molecule has 2 fully saturated rings. The lowest BCUT2D eigenvalue weighted by molar-refractivity contribution is -0.330. The summed E-state index contributed by atoms with van der Waals surface area (Å²) < 4.78 is 37.0. The van der Waals surface area contributed by atoms with Crippen molar-refractivity contribution < 1.29 is 38.0 Å². The van der Waals surface area contributed by atoms with Crippen LogP contribution < -0.4 is 0 Å². The quantitative estimate of drug-likeness (QED) is 0.265. The van der Waals surface area contributed by atoms with Crippen molar-refractivity contribution in [2.45, 2.75) is 37.0 Å². The van der Waals surface area contributed by atoms with Crippen LogP contribution in [0.1, 0.15) is 44.4 Å². The Labute approximate surface area is 243 Å². The molecule has 8 heteroatoms. The van der Waals surface area contributed by atoms with Gasteiger partial charge in [0.25, 0.3) is 0 Å². The first-order valence-electron chi connectivity index (χ1n) is 13.8. The lowest BCUT2D eigenvalue weighted by Crippen LogP contribution is -2.58. The van der Waals surface area contributed by atoms with E-state index in [1.807, 2.05) is 72.8 Å². The van der Waals surface area contributed by atoms with Crippen LogP contribution in [0.15, 0.2) is 121 Å². The van der Waals surface area contributed by atoms with Gasteiger partial charge in [0, 0.05) is 11.1 Å². The first kappa shape index (κ1) is 27.8. The fourth-order valence-electron chi connectivity index (χ4n) is 5.00. The van der Waals surface area contributed by atoms with Crippen molar-refractivity contribution in [1.29, 1.82) is 0 Å². The highest BCUT2D eigenvalue weighted by Gasteiger charge is 2.48. The van der Waals surface area contributed by atoms with Gasteiger partial charge in [-0.3, -0.25) is 0 Å². The zero-order valence-electron chi connectivity index (χ0n) is 22.7. The maximum Gasteiger partial charge on any atom is 0.338 e. The molecule has 0 aliphatic carbocycles. The summed E-state index contributed by atoms with van der Waals surface area (Å²) >= 11 is 0. The van der Waals surface area contributed by atoms with Crippen LogP contribution in [-0.4, -0.2) is 49.6 Å². The van der Waals surface area contributed by atoms with Crippen molar-refractivity contribution in [3.8, 4) is 0 Å². The van der Waals surface area contributed by atoms with Gasteiger partial charge in [-0.2, -0.15) is 0 Å². The Morgan fingerprint density at radius 3 is 1.19 bits per heavy atom. The van der Waals surface area contributed by atoms with Crippen molar-refractivity contribution >= 4 is 11.9 Å². The number of hydrogen-bond acceptors (Lipinski definition) is 8. The molecule has 0 saturated carbocycles. The van der Waals surface area contributed by atoms with E-state index in [1.165, 1.54) is 0 Å². The topological polar surface area (TPSA) is 89.5 Å². The predicted molar refractivity (Wildman–Crippen MR) is 151 cm³/mol. The summed E-state index contributed by atoms with van der Waals surface area (Å²) in [4.78, 5) is 26.3. The Balaban J connectivity index is 1.32. The van der Waals surface area contributed by atoms with E-state index in [0.717, 1.165) is 11.1 Å². The summed E-state index contributed by atoms with van der Waals surface area (Å²) in [5.74, 6) is -1.05.